The van der Waals surface area contributed by atoms with Crippen LogP contribution in [0, 0.1) is 27.7 Å². The smallest absolute Gasteiger partial charge is 0.0462 e. The lowest BCUT2D eigenvalue weighted by Gasteiger charge is -2.26. The second kappa shape index (κ2) is 15.3. The van der Waals surface area contributed by atoms with Crippen LogP contribution in [0.5, 0.6) is 0 Å². The third-order valence-electron chi connectivity index (χ3n) is 10.5. The third kappa shape index (κ3) is 7.27. The van der Waals surface area contributed by atoms with Crippen molar-refractivity contribution in [3.63, 3.8) is 0 Å². The van der Waals surface area contributed by atoms with Gasteiger partial charge in [0.25, 0.3) is 0 Å². The average Bonchev–Trinajstić information content (AvgIpc) is 3.21. The average molecular weight is 696 g/mol. The number of hydrogen-bond acceptors (Lipinski definition) is 1. The van der Waals surface area contributed by atoms with Crippen LogP contribution >= 0.6 is 0 Å². The quantitative estimate of drug-likeness (QED) is 0.136. The summed E-state index contributed by atoms with van der Waals surface area (Å²) in [7, 11) is 0. The summed E-state index contributed by atoms with van der Waals surface area (Å²) in [6.45, 7) is 8.57. The normalized spacial score (nSPS) is 11.1. The number of nitrogens with zero attached hydrogens (tertiary/aromatic N) is 1. The lowest BCUT2D eigenvalue weighted by atomic mass is 9.83. The van der Waals surface area contributed by atoms with Gasteiger partial charge >= 0.3 is 0 Å². The second-order valence-electron chi connectivity index (χ2n) is 14.5. The van der Waals surface area contributed by atoms with Crippen LogP contribution in [0.15, 0.2) is 194 Å². The van der Waals surface area contributed by atoms with Crippen molar-refractivity contribution in [2.24, 2.45) is 0 Å². The van der Waals surface area contributed by atoms with Crippen molar-refractivity contribution < 1.29 is 0 Å². The van der Waals surface area contributed by atoms with Gasteiger partial charge in [-0.3, -0.25) is 0 Å². The fraction of sp³-hybridized carbons (Fsp3) is 0.0943. The lowest BCUT2D eigenvalue weighted by Crippen LogP contribution is -2.09. The Morgan fingerprint density at radius 2 is 0.537 bits per heavy atom. The van der Waals surface area contributed by atoms with E-state index in [4.69, 9.17) is 0 Å². The van der Waals surface area contributed by atoms with Crippen LogP contribution in [0.3, 0.4) is 0 Å². The minimum Gasteiger partial charge on any atom is -0.311 e. The van der Waals surface area contributed by atoms with E-state index in [9.17, 15) is 0 Å². The highest BCUT2D eigenvalue weighted by atomic mass is 15.1. The topological polar surface area (TPSA) is 3.24 Å². The molecule has 1 heteroatoms. The van der Waals surface area contributed by atoms with Crippen molar-refractivity contribution in [1.82, 2.24) is 0 Å². The van der Waals surface area contributed by atoms with Gasteiger partial charge in [-0.1, -0.05) is 180 Å². The van der Waals surface area contributed by atoms with Crippen molar-refractivity contribution in [2.75, 3.05) is 4.90 Å². The summed E-state index contributed by atoms with van der Waals surface area (Å²) in [5, 5.41) is 0. The Morgan fingerprint density at radius 3 is 0.889 bits per heavy atom. The first-order valence-electron chi connectivity index (χ1n) is 18.9. The molecule has 1 nitrogen and oxygen atoms in total. The summed E-state index contributed by atoms with van der Waals surface area (Å²) in [6.07, 6.45) is 0. The molecule has 0 heterocycles. The van der Waals surface area contributed by atoms with Gasteiger partial charge < -0.3 is 4.90 Å². The van der Waals surface area contributed by atoms with E-state index >= 15 is 0 Å². The van der Waals surface area contributed by atoms with E-state index in [0.29, 0.717) is 0 Å². The van der Waals surface area contributed by atoms with Crippen molar-refractivity contribution in [3.8, 4) is 33.4 Å². The summed E-state index contributed by atoms with van der Waals surface area (Å²) < 4.78 is 0. The van der Waals surface area contributed by atoms with Gasteiger partial charge in [0.2, 0.25) is 0 Å². The van der Waals surface area contributed by atoms with Crippen LogP contribution in [-0.2, 0) is 0 Å². The number of benzene rings is 8. The summed E-state index contributed by atoms with van der Waals surface area (Å²) in [6, 6.07) is 71.3. The zero-order chi connectivity index (χ0) is 37.0. The highest BCUT2D eigenvalue weighted by Crippen LogP contribution is 2.41. The van der Waals surface area contributed by atoms with Crippen molar-refractivity contribution in [1.29, 1.82) is 0 Å². The van der Waals surface area contributed by atoms with E-state index in [1.807, 2.05) is 0 Å². The van der Waals surface area contributed by atoms with E-state index < -0.39 is 0 Å². The zero-order valence-corrected chi connectivity index (χ0v) is 31.5. The largest absolute Gasteiger partial charge is 0.311 e. The number of hydrogen-bond donors (Lipinski definition) is 0. The van der Waals surface area contributed by atoms with Gasteiger partial charge in [0.1, 0.15) is 0 Å². The zero-order valence-electron chi connectivity index (χ0n) is 31.5. The minimum atomic E-state index is 0.159. The van der Waals surface area contributed by atoms with E-state index in [1.165, 1.54) is 72.3 Å². The van der Waals surface area contributed by atoms with Gasteiger partial charge in [-0.2, -0.15) is 0 Å². The van der Waals surface area contributed by atoms with Crippen LogP contribution in [0.25, 0.3) is 33.4 Å². The van der Waals surface area contributed by atoms with E-state index in [-0.39, 0.29) is 5.92 Å². The van der Waals surface area contributed by atoms with Gasteiger partial charge in [-0.15, -0.1) is 0 Å². The molecule has 0 bridgehead atoms. The standard InChI is InChI=1S/C53H45N/c1-37-13-21-43(22-14-37)53(44-23-15-38(2)16-24-44)45-27-25-41(26-28-45)49-9-5-7-11-51(49)52-12-8-6-10-50(52)42-29-35-48(36-30-42)54(46-31-17-39(3)18-32-46)47-33-19-40(4)20-34-47/h5-36,53H,1-4H3. The molecule has 0 saturated carbocycles. The molecule has 0 unspecified atom stereocenters. The molecule has 0 fully saturated rings. The highest BCUT2D eigenvalue weighted by Gasteiger charge is 2.19. The van der Waals surface area contributed by atoms with Crippen LogP contribution < -0.4 is 4.90 Å². The summed E-state index contributed by atoms with van der Waals surface area (Å²) in [4.78, 5) is 2.33. The van der Waals surface area contributed by atoms with Crippen LogP contribution in [0.1, 0.15) is 44.9 Å². The molecule has 0 amide bonds. The Bertz CT molecular complexity index is 2200. The summed E-state index contributed by atoms with van der Waals surface area (Å²) in [5.41, 5.74) is 19.6. The first-order chi connectivity index (χ1) is 26.4. The summed E-state index contributed by atoms with van der Waals surface area (Å²) in [5.74, 6) is 0.159. The van der Waals surface area contributed by atoms with Gasteiger partial charge in [-0.05, 0) is 114 Å². The molecule has 8 aromatic rings. The maximum atomic E-state index is 2.33. The fourth-order valence-corrected chi connectivity index (χ4v) is 7.51. The van der Waals surface area contributed by atoms with Gasteiger partial charge in [0, 0.05) is 23.0 Å². The van der Waals surface area contributed by atoms with Gasteiger partial charge in [0.05, 0.1) is 0 Å². The molecule has 0 spiro atoms. The number of aryl methyl sites for hydroxylation is 4. The molecule has 0 aliphatic heterocycles. The van der Waals surface area contributed by atoms with Crippen molar-refractivity contribution >= 4 is 17.1 Å². The molecule has 0 saturated heterocycles. The monoisotopic (exact) mass is 695 g/mol. The first kappa shape index (κ1) is 34.6. The molecule has 8 aromatic carbocycles. The molecule has 0 atom stereocenters. The predicted octanol–water partition coefficient (Wildman–Crippen LogP) is 14.6. The second-order valence-corrected chi connectivity index (χ2v) is 14.5. The highest BCUT2D eigenvalue weighted by molar-refractivity contribution is 5.92. The molecular formula is C53H45N. The molecule has 0 aromatic heterocycles. The Balaban J connectivity index is 1.14. The molecule has 8 rings (SSSR count). The number of anilines is 3. The van der Waals surface area contributed by atoms with Crippen LogP contribution in [0.4, 0.5) is 17.1 Å². The third-order valence-corrected chi connectivity index (χ3v) is 10.5. The predicted molar refractivity (Wildman–Crippen MR) is 230 cm³/mol. The van der Waals surface area contributed by atoms with Crippen molar-refractivity contribution in [2.45, 2.75) is 33.6 Å². The SMILES string of the molecule is Cc1ccc(C(c2ccc(C)cc2)c2ccc(-c3ccccc3-c3ccccc3-c3ccc(N(c4ccc(C)cc4)c4ccc(C)cc4)cc3)cc2)cc1. The van der Waals surface area contributed by atoms with Crippen molar-refractivity contribution in [3.05, 3.63) is 233 Å². The van der Waals surface area contributed by atoms with Crippen LogP contribution in [0.2, 0.25) is 0 Å². The Hall–Kier alpha value is -6.44. The minimum absolute atomic E-state index is 0.159. The van der Waals surface area contributed by atoms with Gasteiger partial charge in [0.15, 0.2) is 0 Å². The van der Waals surface area contributed by atoms with E-state index in [0.717, 1.165) is 17.1 Å². The molecule has 0 aliphatic rings. The molecule has 54 heavy (non-hydrogen) atoms. The van der Waals surface area contributed by atoms with Gasteiger partial charge in [-0.25, -0.2) is 0 Å². The Kier molecular flexibility index (Phi) is 9.79. The molecular weight excluding hydrogens is 651 g/mol. The Labute approximate surface area is 320 Å². The Morgan fingerprint density at radius 1 is 0.278 bits per heavy atom. The molecule has 0 aliphatic carbocycles. The maximum Gasteiger partial charge on any atom is 0.0462 e. The lowest BCUT2D eigenvalue weighted by molar-refractivity contribution is 0.975. The van der Waals surface area contributed by atoms with E-state index in [2.05, 4.69) is 227 Å². The first-order valence-corrected chi connectivity index (χ1v) is 18.9. The van der Waals surface area contributed by atoms with E-state index in [1.54, 1.807) is 0 Å². The number of rotatable bonds is 9. The molecule has 0 N–H and O–H groups in total. The fourth-order valence-electron chi connectivity index (χ4n) is 7.51. The van der Waals surface area contributed by atoms with Crippen LogP contribution in [-0.4, -0.2) is 0 Å². The molecule has 0 radical (unpaired) electrons. The molecule has 262 valence electrons. The summed E-state index contributed by atoms with van der Waals surface area (Å²) >= 11 is 0. The maximum absolute atomic E-state index is 2.33.